The maximum absolute atomic E-state index is 13.8. The average Bonchev–Trinajstić information content (AvgIpc) is 2.94. The van der Waals surface area contributed by atoms with Gasteiger partial charge in [0.25, 0.3) is 5.91 Å². The van der Waals surface area contributed by atoms with E-state index in [-0.39, 0.29) is 5.91 Å². The molecule has 0 fully saturated rings. The topological polar surface area (TPSA) is 55.8 Å². The summed E-state index contributed by atoms with van der Waals surface area (Å²) >= 11 is 0. The summed E-state index contributed by atoms with van der Waals surface area (Å²) in [4.78, 5) is 27.8. The van der Waals surface area contributed by atoms with Gasteiger partial charge in [0.15, 0.2) is 0 Å². The molecule has 5 aromatic rings. The van der Waals surface area contributed by atoms with Gasteiger partial charge in [0.05, 0.1) is 12.7 Å². The highest BCUT2D eigenvalue weighted by Crippen LogP contribution is 2.31. The van der Waals surface area contributed by atoms with E-state index in [1.807, 2.05) is 72.8 Å². The molecule has 0 saturated heterocycles. The largest absolute Gasteiger partial charge is 0.497 e. The molecule has 0 aromatic heterocycles. The van der Waals surface area contributed by atoms with E-state index >= 15 is 0 Å². The third kappa shape index (κ3) is 4.81. The highest BCUT2D eigenvalue weighted by molar-refractivity contribution is 6.12. The van der Waals surface area contributed by atoms with E-state index in [9.17, 15) is 9.59 Å². The molecule has 0 saturated carbocycles. The summed E-state index contributed by atoms with van der Waals surface area (Å²) in [6.07, 6.45) is 0. The van der Waals surface area contributed by atoms with Crippen LogP contribution < -0.4 is 14.4 Å². The number of hydrogen-bond donors (Lipinski definition) is 0. The summed E-state index contributed by atoms with van der Waals surface area (Å²) in [5.74, 6) is 0.461. The Morgan fingerprint density at radius 1 is 0.583 bits per heavy atom. The van der Waals surface area contributed by atoms with E-state index in [4.69, 9.17) is 9.47 Å². The van der Waals surface area contributed by atoms with Crippen LogP contribution in [-0.2, 0) is 0 Å². The third-order valence-corrected chi connectivity index (χ3v) is 5.85. The predicted molar refractivity (Wildman–Crippen MR) is 141 cm³/mol. The summed E-state index contributed by atoms with van der Waals surface area (Å²) < 4.78 is 10.8. The van der Waals surface area contributed by atoms with Crippen LogP contribution in [0.1, 0.15) is 20.7 Å². The first-order valence-corrected chi connectivity index (χ1v) is 11.5. The monoisotopic (exact) mass is 473 g/mol. The number of anilines is 2. The summed E-state index contributed by atoms with van der Waals surface area (Å²) in [7, 11) is 1.60. The first-order valence-electron chi connectivity index (χ1n) is 11.5. The number of methoxy groups -OCH3 is 1. The van der Waals surface area contributed by atoms with Gasteiger partial charge in [-0.2, -0.15) is 0 Å². The van der Waals surface area contributed by atoms with Crippen LogP contribution in [0.4, 0.5) is 11.4 Å². The highest BCUT2D eigenvalue weighted by Gasteiger charge is 2.21. The maximum atomic E-state index is 13.8. The van der Waals surface area contributed by atoms with Crippen molar-refractivity contribution >= 4 is 34.0 Å². The zero-order chi connectivity index (χ0) is 24.9. The van der Waals surface area contributed by atoms with Gasteiger partial charge in [0.2, 0.25) is 0 Å². The number of ether oxygens (including phenoxy) is 2. The predicted octanol–water partition coefficient (Wildman–Crippen LogP) is 7.05. The van der Waals surface area contributed by atoms with Gasteiger partial charge in [0, 0.05) is 16.9 Å². The summed E-state index contributed by atoms with van der Waals surface area (Å²) in [6.45, 7) is 0. The first-order chi connectivity index (χ1) is 17.6. The van der Waals surface area contributed by atoms with E-state index in [2.05, 4.69) is 0 Å². The molecule has 0 aliphatic carbocycles. The van der Waals surface area contributed by atoms with E-state index in [0.717, 1.165) is 10.8 Å². The molecule has 0 atom stereocenters. The Kier molecular flexibility index (Phi) is 6.45. The molecule has 5 heteroatoms. The van der Waals surface area contributed by atoms with Crippen LogP contribution in [0.2, 0.25) is 0 Å². The fourth-order valence-electron chi connectivity index (χ4n) is 3.97. The van der Waals surface area contributed by atoms with Crippen molar-refractivity contribution in [3.8, 4) is 11.5 Å². The van der Waals surface area contributed by atoms with Crippen molar-refractivity contribution in [1.82, 2.24) is 0 Å². The molecule has 0 heterocycles. The molecule has 5 nitrogen and oxygen atoms in total. The molecule has 1 amide bonds. The molecule has 36 heavy (non-hydrogen) atoms. The van der Waals surface area contributed by atoms with Crippen molar-refractivity contribution in [2.75, 3.05) is 12.0 Å². The van der Waals surface area contributed by atoms with Crippen molar-refractivity contribution in [3.63, 3.8) is 0 Å². The number of carbonyl (C=O) groups is 2. The second kappa shape index (κ2) is 10.2. The van der Waals surface area contributed by atoms with Gasteiger partial charge >= 0.3 is 5.97 Å². The Morgan fingerprint density at radius 2 is 1.17 bits per heavy atom. The van der Waals surface area contributed by atoms with Crippen LogP contribution in [0, 0.1) is 0 Å². The molecule has 0 bridgehead atoms. The van der Waals surface area contributed by atoms with Crippen LogP contribution in [0.25, 0.3) is 10.8 Å². The van der Waals surface area contributed by atoms with Gasteiger partial charge < -0.3 is 9.47 Å². The zero-order valence-electron chi connectivity index (χ0n) is 19.6. The SMILES string of the molecule is COc1ccc(N(C(=O)c2ccc3ccccc3c2)c2ccc(OC(=O)c3ccccc3)cc2)cc1. The summed E-state index contributed by atoms with van der Waals surface area (Å²) in [6, 6.07) is 36.6. The number of carbonyl (C=O) groups excluding carboxylic acids is 2. The number of esters is 1. The molecular weight excluding hydrogens is 450 g/mol. The van der Waals surface area contributed by atoms with Crippen molar-refractivity contribution in [1.29, 1.82) is 0 Å². The van der Waals surface area contributed by atoms with Crippen LogP contribution in [-0.4, -0.2) is 19.0 Å². The highest BCUT2D eigenvalue weighted by atomic mass is 16.5. The Bertz CT molecular complexity index is 1510. The van der Waals surface area contributed by atoms with Crippen molar-refractivity contribution in [2.45, 2.75) is 0 Å². The smallest absolute Gasteiger partial charge is 0.343 e. The minimum Gasteiger partial charge on any atom is -0.497 e. The number of hydrogen-bond acceptors (Lipinski definition) is 4. The maximum Gasteiger partial charge on any atom is 0.343 e. The molecule has 5 rings (SSSR count). The van der Waals surface area contributed by atoms with Crippen LogP contribution >= 0.6 is 0 Å². The lowest BCUT2D eigenvalue weighted by Gasteiger charge is -2.24. The fraction of sp³-hybridized carbons (Fsp3) is 0.0323. The molecule has 0 unspecified atom stereocenters. The number of fused-ring (bicyclic) bond motifs is 1. The summed E-state index contributed by atoms with van der Waals surface area (Å²) in [5, 5.41) is 2.05. The molecule has 0 aliphatic heterocycles. The molecule has 0 aliphatic rings. The second-order valence-electron chi connectivity index (χ2n) is 8.15. The molecular formula is C31H23NO4. The fourth-order valence-corrected chi connectivity index (χ4v) is 3.97. The molecule has 176 valence electrons. The standard InChI is InChI=1S/C31H23NO4/c1-35-28-17-13-26(14-18-28)32(30(33)25-12-11-22-7-5-6-10-24(22)21-25)27-15-19-29(20-16-27)36-31(34)23-8-3-2-4-9-23/h2-21H,1H3. The van der Waals surface area contributed by atoms with Gasteiger partial charge in [0.1, 0.15) is 11.5 Å². The van der Waals surface area contributed by atoms with Crippen molar-refractivity contribution in [3.05, 3.63) is 132 Å². The van der Waals surface area contributed by atoms with E-state index in [1.165, 1.54) is 0 Å². The average molecular weight is 474 g/mol. The minimum atomic E-state index is -0.442. The van der Waals surface area contributed by atoms with Gasteiger partial charge in [-0.1, -0.05) is 48.5 Å². The Hall–Kier alpha value is -4.90. The Morgan fingerprint density at radius 3 is 1.81 bits per heavy atom. The molecule has 0 N–H and O–H groups in total. The lowest BCUT2D eigenvalue weighted by atomic mass is 10.1. The molecule has 0 radical (unpaired) electrons. The van der Waals surface area contributed by atoms with Crippen molar-refractivity contribution in [2.24, 2.45) is 0 Å². The van der Waals surface area contributed by atoms with E-state index < -0.39 is 5.97 Å². The quantitative estimate of drug-likeness (QED) is 0.196. The van der Waals surface area contributed by atoms with Gasteiger partial charge in [-0.15, -0.1) is 0 Å². The van der Waals surface area contributed by atoms with E-state index in [0.29, 0.717) is 34.0 Å². The van der Waals surface area contributed by atoms with Gasteiger partial charge in [-0.25, -0.2) is 4.79 Å². The number of rotatable bonds is 6. The van der Waals surface area contributed by atoms with Crippen molar-refractivity contribution < 1.29 is 19.1 Å². The number of amides is 1. The third-order valence-electron chi connectivity index (χ3n) is 5.85. The van der Waals surface area contributed by atoms with Gasteiger partial charge in [-0.3, -0.25) is 9.69 Å². The molecule has 5 aromatic carbocycles. The van der Waals surface area contributed by atoms with E-state index in [1.54, 1.807) is 60.5 Å². The Labute approximate surface area is 209 Å². The van der Waals surface area contributed by atoms with Crippen LogP contribution in [0.5, 0.6) is 11.5 Å². The Balaban J connectivity index is 1.48. The molecule has 0 spiro atoms. The van der Waals surface area contributed by atoms with Crippen LogP contribution in [0.15, 0.2) is 121 Å². The minimum absolute atomic E-state index is 0.181. The number of nitrogens with zero attached hydrogens (tertiary/aromatic N) is 1. The normalized spacial score (nSPS) is 10.6. The lowest BCUT2D eigenvalue weighted by Crippen LogP contribution is -2.26. The lowest BCUT2D eigenvalue weighted by molar-refractivity contribution is 0.0734. The summed E-state index contributed by atoms with van der Waals surface area (Å²) in [5.41, 5.74) is 2.35. The number of benzene rings is 5. The second-order valence-corrected chi connectivity index (χ2v) is 8.15. The first kappa shape index (κ1) is 22.9. The van der Waals surface area contributed by atoms with Gasteiger partial charge in [-0.05, 0) is 83.6 Å². The van der Waals surface area contributed by atoms with Crippen LogP contribution in [0.3, 0.4) is 0 Å². The zero-order valence-corrected chi connectivity index (χ0v) is 19.6.